The summed E-state index contributed by atoms with van der Waals surface area (Å²) >= 11 is 4.54. The summed E-state index contributed by atoms with van der Waals surface area (Å²) in [5, 5.41) is 2.41. The van der Waals surface area contributed by atoms with Gasteiger partial charge in [0, 0.05) is 19.6 Å². The Balaban J connectivity index is 2.24. The van der Waals surface area contributed by atoms with Crippen molar-refractivity contribution in [3.05, 3.63) is 0 Å². The molecule has 0 aromatic rings. The lowest BCUT2D eigenvalue weighted by Crippen LogP contribution is -2.39. The van der Waals surface area contributed by atoms with E-state index in [-0.39, 0.29) is 6.04 Å². The summed E-state index contributed by atoms with van der Waals surface area (Å²) in [5.41, 5.74) is 0. The molecule has 0 bridgehead atoms. The Morgan fingerprint density at radius 1 is 1.58 bits per heavy atom. The van der Waals surface area contributed by atoms with E-state index in [9.17, 15) is 0 Å². The van der Waals surface area contributed by atoms with E-state index in [1.54, 1.807) is 0 Å². The summed E-state index contributed by atoms with van der Waals surface area (Å²) in [5.74, 6) is 0. The summed E-state index contributed by atoms with van der Waals surface area (Å²) in [6.07, 6.45) is 0. The van der Waals surface area contributed by atoms with Gasteiger partial charge in [0.05, 0.1) is 24.4 Å². The third kappa shape index (κ3) is 3.41. The maximum absolute atomic E-state index is 5.23. The highest BCUT2D eigenvalue weighted by Crippen LogP contribution is 1.99. The molecule has 1 heterocycles. The quantitative estimate of drug-likeness (QED) is 0.481. The summed E-state index contributed by atoms with van der Waals surface area (Å²) < 4.78 is 5.23. The Morgan fingerprint density at radius 3 is 2.83 bits per heavy atom. The van der Waals surface area contributed by atoms with Gasteiger partial charge in [0.1, 0.15) is 0 Å². The van der Waals surface area contributed by atoms with Crippen LogP contribution in [-0.4, -0.2) is 49.0 Å². The standard InChI is InChI=1S/C8H14N2OS/c1-8(9-7-12)6-10-2-4-11-5-3-10/h8H,2-6H2,1H3. The van der Waals surface area contributed by atoms with E-state index in [0.29, 0.717) is 0 Å². The Bertz CT molecular complexity index is 174. The number of ether oxygens (including phenoxy) is 1. The van der Waals surface area contributed by atoms with Gasteiger partial charge in [0.25, 0.3) is 0 Å². The van der Waals surface area contributed by atoms with Crippen LogP contribution in [-0.2, 0) is 4.74 Å². The molecule has 0 spiro atoms. The van der Waals surface area contributed by atoms with Crippen molar-refractivity contribution in [3.63, 3.8) is 0 Å². The van der Waals surface area contributed by atoms with Crippen LogP contribution in [0.5, 0.6) is 0 Å². The van der Waals surface area contributed by atoms with Crippen molar-refractivity contribution in [1.82, 2.24) is 4.90 Å². The molecule has 1 aliphatic heterocycles. The average Bonchev–Trinajstić information content (AvgIpc) is 2.06. The molecule has 0 radical (unpaired) electrons. The van der Waals surface area contributed by atoms with Crippen molar-refractivity contribution in [2.24, 2.45) is 4.99 Å². The van der Waals surface area contributed by atoms with E-state index < -0.39 is 0 Å². The lowest BCUT2D eigenvalue weighted by Gasteiger charge is -2.27. The van der Waals surface area contributed by atoms with Gasteiger partial charge in [0.2, 0.25) is 0 Å². The molecule has 1 aliphatic rings. The van der Waals surface area contributed by atoms with Gasteiger partial charge in [-0.3, -0.25) is 4.90 Å². The van der Waals surface area contributed by atoms with Crippen molar-refractivity contribution < 1.29 is 4.74 Å². The van der Waals surface area contributed by atoms with Crippen molar-refractivity contribution in [3.8, 4) is 0 Å². The first-order valence-corrected chi connectivity index (χ1v) is 4.61. The summed E-state index contributed by atoms with van der Waals surface area (Å²) in [7, 11) is 0. The van der Waals surface area contributed by atoms with Crippen molar-refractivity contribution in [2.75, 3.05) is 32.8 Å². The van der Waals surface area contributed by atoms with Gasteiger partial charge in [0.15, 0.2) is 0 Å². The fourth-order valence-electron chi connectivity index (χ4n) is 1.29. The van der Waals surface area contributed by atoms with Crippen molar-refractivity contribution in [1.29, 1.82) is 0 Å². The summed E-state index contributed by atoms with van der Waals surface area (Å²) in [6.45, 7) is 6.72. The van der Waals surface area contributed by atoms with Crippen LogP contribution in [0.2, 0.25) is 0 Å². The molecule has 68 valence electrons. The molecule has 1 fully saturated rings. The molecule has 0 aliphatic carbocycles. The normalized spacial score (nSPS) is 21.4. The Hall–Kier alpha value is -0.280. The number of hydrogen-bond acceptors (Lipinski definition) is 4. The molecule has 1 rings (SSSR count). The molecule has 1 unspecified atom stereocenters. The van der Waals surface area contributed by atoms with Crippen molar-refractivity contribution in [2.45, 2.75) is 13.0 Å². The number of thiocarbonyl (C=S) groups is 1. The highest BCUT2D eigenvalue weighted by Gasteiger charge is 2.12. The number of nitrogens with zero attached hydrogens (tertiary/aromatic N) is 2. The van der Waals surface area contributed by atoms with E-state index in [1.807, 2.05) is 0 Å². The van der Waals surface area contributed by atoms with Crippen LogP contribution >= 0.6 is 12.2 Å². The smallest absolute Gasteiger partial charge is 0.0701 e. The predicted molar refractivity (Wildman–Crippen MR) is 51.7 cm³/mol. The maximum atomic E-state index is 5.23. The fourth-order valence-corrected chi connectivity index (χ4v) is 1.47. The molecule has 0 amide bonds. The second kappa shape index (κ2) is 5.38. The average molecular weight is 186 g/mol. The number of isothiocyanates is 1. The second-order valence-corrected chi connectivity index (χ2v) is 3.16. The highest BCUT2D eigenvalue weighted by atomic mass is 32.1. The van der Waals surface area contributed by atoms with Gasteiger partial charge < -0.3 is 4.74 Å². The highest BCUT2D eigenvalue weighted by molar-refractivity contribution is 7.78. The topological polar surface area (TPSA) is 24.8 Å². The minimum absolute atomic E-state index is 0.264. The number of morpholine rings is 1. The SMILES string of the molecule is CC(CN1CCOCC1)N=C=S. The van der Waals surface area contributed by atoms with Gasteiger partial charge in [-0.1, -0.05) is 0 Å². The Morgan fingerprint density at radius 2 is 2.25 bits per heavy atom. The van der Waals surface area contributed by atoms with Crippen LogP contribution < -0.4 is 0 Å². The van der Waals surface area contributed by atoms with E-state index in [1.165, 1.54) is 0 Å². The first kappa shape index (κ1) is 9.81. The molecule has 3 nitrogen and oxygen atoms in total. The van der Waals surface area contributed by atoms with Crippen LogP contribution in [0.25, 0.3) is 0 Å². The zero-order chi connectivity index (χ0) is 8.81. The zero-order valence-corrected chi connectivity index (χ0v) is 8.14. The number of hydrogen-bond donors (Lipinski definition) is 0. The first-order valence-electron chi connectivity index (χ1n) is 4.20. The van der Waals surface area contributed by atoms with Crippen LogP contribution in [0, 0.1) is 0 Å². The molecule has 4 heteroatoms. The predicted octanol–water partition coefficient (Wildman–Crippen LogP) is 0.810. The molecule has 1 atom stereocenters. The van der Waals surface area contributed by atoms with Crippen LogP contribution in [0.15, 0.2) is 4.99 Å². The zero-order valence-electron chi connectivity index (χ0n) is 7.32. The van der Waals surface area contributed by atoms with Gasteiger partial charge in [-0.25, -0.2) is 4.99 Å². The maximum Gasteiger partial charge on any atom is 0.0701 e. The van der Waals surface area contributed by atoms with Crippen LogP contribution in [0.1, 0.15) is 6.92 Å². The molecular formula is C8H14N2OS. The largest absolute Gasteiger partial charge is 0.379 e. The number of aliphatic imine (C=N–C) groups is 1. The molecule has 12 heavy (non-hydrogen) atoms. The lowest BCUT2D eigenvalue weighted by molar-refractivity contribution is 0.0362. The van der Waals surface area contributed by atoms with E-state index in [4.69, 9.17) is 4.74 Å². The minimum Gasteiger partial charge on any atom is -0.379 e. The molecule has 0 N–H and O–H groups in total. The van der Waals surface area contributed by atoms with Crippen molar-refractivity contribution >= 4 is 17.4 Å². The summed E-state index contributed by atoms with van der Waals surface area (Å²) in [4.78, 5) is 6.34. The van der Waals surface area contributed by atoms with Crippen LogP contribution in [0.4, 0.5) is 0 Å². The van der Waals surface area contributed by atoms with E-state index >= 15 is 0 Å². The fraction of sp³-hybridized carbons (Fsp3) is 0.875. The Kier molecular flexibility index (Phi) is 4.40. The molecular weight excluding hydrogens is 172 g/mol. The second-order valence-electron chi connectivity index (χ2n) is 2.98. The van der Waals surface area contributed by atoms with Gasteiger partial charge in [-0.15, -0.1) is 0 Å². The third-order valence-corrected chi connectivity index (χ3v) is 2.00. The van der Waals surface area contributed by atoms with Crippen LogP contribution in [0.3, 0.4) is 0 Å². The Labute approximate surface area is 78.4 Å². The third-order valence-electron chi connectivity index (χ3n) is 1.90. The van der Waals surface area contributed by atoms with Gasteiger partial charge in [-0.05, 0) is 19.1 Å². The monoisotopic (exact) mass is 186 g/mol. The molecule has 0 aromatic heterocycles. The van der Waals surface area contributed by atoms with E-state index in [2.05, 4.69) is 34.2 Å². The molecule has 1 saturated heterocycles. The summed E-state index contributed by atoms with van der Waals surface area (Å²) in [6, 6.07) is 0.264. The van der Waals surface area contributed by atoms with Gasteiger partial charge in [-0.2, -0.15) is 0 Å². The first-order chi connectivity index (χ1) is 5.83. The minimum atomic E-state index is 0.264. The molecule has 0 saturated carbocycles. The van der Waals surface area contributed by atoms with E-state index in [0.717, 1.165) is 32.8 Å². The van der Waals surface area contributed by atoms with Gasteiger partial charge >= 0.3 is 0 Å². The molecule has 0 aromatic carbocycles. The lowest BCUT2D eigenvalue weighted by atomic mass is 10.3. The number of rotatable bonds is 3.